The molecular weight excluding hydrogens is 229 g/mol. The molecule has 0 bridgehead atoms. The van der Waals surface area contributed by atoms with Gasteiger partial charge in [0.1, 0.15) is 11.6 Å². The minimum Gasteiger partial charge on any atom is -0.508 e. The second-order valence-corrected chi connectivity index (χ2v) is 4.42. The van der Waals surface area contributed by atoms with Crippen molar-refractivity contribution in [1.82, 2.24) is 0 Å². The number of hydrogen-bond acceptors (Lipinski definition) is 2. The minimum absolute atomic E-state index is 0.0252. The Morgan fingerprint density at radius 1 is 1.17 bits per heavy atom. The Balaban J connectivity index is 2.16. The molecule has 94 valence electrons. The lowest BCUT2D eigenvalue weighted by atomic mass is 10.1. The number of hydrogen-bond donors (Lipinski definition) is 2. The van der Waals surface area contributed by atoms with Gasteiger partial charge >= 0.3 is 0 Å². The SMILES string of the molecule is Cc1ccc(NC(C)c2cccc(F)c2)cc1O. The number of phenolic OH excluding ortho intramolecular Hbond substituents is 1. The average molecular weight is 245 g/mol. The van der Waals surface area contributed by atoms with E-state index in [0.717, 1.165) is 16.8 Å². The zero-order valence-corrected chi connectivity index (χ0v) is 10.4. The summed E-state index contributed by atoms with van der Waals surface area (Å²) in [4.78, 5) is 0. The maximum absolute atomic E-state index is 13.1. The maximum atomic E-state index is 13.1. The van der Waals surface area contributed by atoms with Gasteiger partial charge in [0.25, 0.3) is 0 Å². The molecule has 0 saturated heterocycles. The van der Waals surface area contributed by atoms with Crippen LogP contribution >= 0.6 is 0 Å². The first-order valence-electron chi connectivity index (χ1n) is 5.88. The fourth-order valence-corrected chi connectivity index (χ4v) is 1.81. The van der Waals surface area contributed by atoms with Gasteiger partial charge in [-0.25, -0.2) is 4.39 Å². The van der Waals surface area contributed by atoms with E-state index in [-0.39, 0.29) is 17.6 Å². The van der Waals surface area contributed by atoms with Crippen LogP contribution in [0.1, 0.15) is 24.1 Å². The molecular formula is C15H16FNO. The van der Waals surface area contributed by atoms with Crippen molar-refractivity contribution in [2.45, 2.75) is 19.9 Å². The van der Waals surface area contributed by atoms with E-state index in [1.807, 2.05) is 32.0 Å². The van der Waals surface area contributed by atoms with Crippen molar-refractivity contribution in [2.24, 2.45) is 0 Å². The zero-order valence-electron chi connectivity index (χ0n) is 10.4. The van der Waals surface area contributed by atoms with Crippen LogP contribution in [-0.4, -0.2) is 5.11 Å². The van der Waals surface area contributed by atoms with Gasteiger partial charge in [0.2, 0.25) is 0 Å². The van der Waals surface area contributed by atoms with E-state index in [1.165, 1.54) is 12.1 Å². The standard InChI is InChI=1S/C15H16FNO/c1-10-6-7-14(9-15(10)18)17-11(2)12-4-3-5-13(16)8-12/h3-9,11,17-18H,1-2H3. The third-order valence-electron chi connectivity index (χ3n) is 2.94. The molecule has 2 rings (SSSR count). The quantitative estimate of drug-likeness (QED) is 0.856. The van der Waals surface area contributed by atoms with Crippen LogP contribution in [0.4, 0.5) is 10.1 Å². The van der Waals surface area contributed by atoms with E-state index >= 15 is 0 Å². The Morgan fingerprint density at radius 3 is 2.61 bits per heavy atom. The molecule has 18 heavy (non-hydrogen) atoms. The highest BCUT2D eigenvalue weighted by Gasteiger charge is 2.07. The highest BCUT2D eigenvalue weighted by Crippen LogP contribution is 2.24. The number of halogens is 1. The maximum Gasteiger partial charge on any atom is 0.123 e. The molecule has 1 unspecified atom stereocenters. The third-order valence-corrected chi connectivity index (χ3v) is 2.94. The van der Waals surface area contributed by atoms with E-state index in [1.54, 1.807) is 12.1 Å². The number of benzene rings is 2. The summed E-state index contributed by atoms with van der Waals surface area (Å²) in [6.07, 6.45) is 0. The van der Waals surface area contributed by atoms with Crippen molar-refractivity contribution in [2.75, 3.05) is 5.32 Å². The van der Waals surface area contributed by atoms with Crippen molar-refractivity contribution in [1.29, 1.82) is 0 Å². The van der Waals surface area contributed by atoms with Gasteiger partial charge in [-0.05, 0) is 43.2 Å². The summed E-state index contributed by atoms with van der Waals surface area (Å²) in [5, 5.41) is 12.9. The first-order valence-corrected chi connectivity index (χ1v) is 5.88. The second-order valence-electron chi connectivity index (χ2n) is 4.42. The number of nitrogens with one attached hydrogen (secondary N) is 1. The lowest BCUT2D eigenvalue weighted by Gasteiger charge is -2.16. The summed E-state index contributed by atoms with van der Waals surface area (Å²) in [7, 11) is 0. The molecule has 0 aliphatic heterocycles. The zero-order chi connectivity index (χ0) is 13.1. The highest BCUT2D eigenvalue weighted by molar-refractivity contribution is 5.52. The summed E-state index contributed by atoms with van der Waals surface area (Å²) >= 11 is 0. The monoisotopic (exact) mass is 245 g/mol. The van der Waals surface area contributed by atoms with Crippen LogP contribution in [0.25, 0.3) is 0 Å². The molecule has 0 amide bonds. The first kappa shape index (κ1) is 12.4. The molecule has 0 heterocycles. The Morgan fingerprint density at radius 2 is 1.94 bits per heavy atom. The van der Waals surface area contributed by atoms with Gasteiger partial charge < -0.3 is 10.4 Å². The molecule has 2 N–H and O–H groups in total. The van der Waals surface area contributed by atoms with Gasteiger partial charge in [-0.2, -0.15) is 0 Å². The van der Waals surface area contributed by atoms with Crippen molar-refractivity contribution < 1.29 is 9.50 Å². The highest BCUT2D eigenvalue weighted by atomic mass is 19.1. The van der Waals surface area contributed by atoms with Gasteiger partial charge in [0.15, 0.2) is 0 Å². The molecule has 1 atom stereocenters. The fourth-order valence-electron chi connectivity index (χ4n) is 1.81. The largest absolute Gasteiger partial charge is 0.508 e. The predicted octanol–water partition coefficient (Wildman–Crippen LogP) is 4.01. The van der Waals surface area contributed by atoms with Crippen molar-refractivity contribution in [3.8, 4) is 5.75 Å². The molecule has 0 aromatic heterocycles. The molecule has 0 saturated carbocycles. The summed E-state index contributed by atoms with van der Waals surface area (Å²) in [6.45, 7) is 3.79. The lowest BCUT2D eigenvalue weighted by Crippen LogP contribution is -2.06. The normalized spacial score (nSPS) is 12.2. The number of aromatic hydroxyl groups is 1. The molecule has 2 nitrogen and oxygen atoms in total. The van der Waals surface area contributed by atoms with E-state index in [4.69, 9.17) is 0 Å². The molecule has 0 aliphatic carbocycles. The van der Waals surface area contributed by atoms with Crippen LogP contribution in [0.15, 0.2) is 42.5 Å². The smallest absolute Gasteiger partial charge is 0.123 e. The summed E-state index contributed by atoms with van der Waals surface area (Å²) < 4.78 is 13.1. The van der Waals surface area contributed by atoms with Crippen LogP contribution in [-0.2, 0) is 0 Å². The van der Waals surface area contributed by atoms with Crippen LogP contribution in [0.5, 0.6) is 5.75 Å². The molecule has 2 aromatic carbocycles. The molecule has 0 aliphatic rings. The van der Waals surface area contributed by atoms with Gasteiger partial charge in [-0.15, -0.1) is 0 Å². The van der Waals surface area contributed by atoms with Crippen molar-refractivity contribution in [3.05, 3.63) is 59.4 Å². The van der Waals surface area contributed by atoms with E-state index in [2.05, 4.69) is 5.32 Å². The van der Waals surface area contributed by atoms with Gasteiger partial charge in [-0.3, -0.25) is 0 Å². The Bertz CT molecular complexity index is 554. The van der Waals surface area contributed by atoms with Crippen LogP contribution < -0.4 is 5.32 Å². The molecule has 0 spiro atoms. The van der Waals surface area contributed by atoms with E-state index in [9.17, 15) is 9.50 Å². The van der Waals surface area contributed by atoms with Crippen molar-refractivity contribution >= 4 is 5.69 Å². The molecule has 0 fully saturated rings. The second kappa shape index (κ2) is 5.08. The first-order chi connectivity index (χ1) is 8.56. The minimum atomic E-state index is -0.243. The van der Waals surface area contributed by atoms with Gasteiger partial charge in [0, 0.05) is 17.8 Å². The molecule has 2 aromatic rings. The van der Waals surface area contributed by atoms with E-state index in [0.29, 0.717) is 0 Å². The summed E-state index contributed by atoms with van der Waals surface area (Å²) in [6, 6.07) is 11.9. The Hall–Kier alpha value is -2.03. The number of aryl methyl sites for hydroxylation is 1. The van der Waals surface area contributed by atoms with Crippen LogP contribution in [0.2, 0.25) is 0 Å². The number of anilines is 1. The number of phenols is 1. The summed E-state index contributed by atoms with van der Waals surface area (Å²) in [5.41, 5.74) is 2.52. The topological polar surface area (TPSA) is 32.3 Å². The third kappa shape index (κ3) is 2.80. The predicted molar refractivity (Wildman–Crippen MR) is 71.3 cm³/mol. The van der Waals surface area contributed by atoms with Crippen LogP contribution in [0, 0.1) is 12.7 Å². The van der Waals surface area contributed by atoms with Gasteiger partial charge in [-0.1, -0.05) is 18.2 Å². The fraction of sp³-hybridized carbons (Fsp3) is 0.200. The molecule has 0 radical (unpaired) electrons. The Labute approximate surface area is 106 Å². The Kier molecular flexibility index (Phi) is 3.51. The number of rotatable bonds is 3. The molecule has 3 heteroatoms. The van der Waals surface area contributed by atoms with Crippen molar-refractivity contribution in [3.63, 3.8) is 0 Å². The summed E-state index contributed by atoms with van der Waals surface area (Å²) in [5.74, 6) is 0.0133. The van der Waals surface area contributed by atoms with Crippen LogP contribution in [0.3, 0.4) is 0 Å². The lowest BCUT2D eigenvalue weighted by molar-refractivity contribution is 0.471. The van der Waals surface area contributed by atoms with E-state index < -0.39 is 0 Å². The van der Waals surface area contributed by atoms with Gasteiger partial charge in [0.05, 0.1) is 0 Å². The average Bonchev–Trinajstić information content (AvgIpc) is 2.34.